The van der Waals surface area contributed by atoms with Crippen LogP contribution in [0.1, 0.15) is 18.4 Å². The minimum absolute atomic E-state index is 0.345. The van der Waals surface area contributed by atoms with E-state index < -0.39 is 0 Å². The standard InChI is InChI=1S/C34H34FN7O/c1-41(2)11-12-43-27-15-24(14-26(35)17-27)28-7-8-37-34-29(28)18-32(38-34)33-30-16-23(5-6-31(30)39-40-33)25-13-22(19-36-20-25)21-42-9-3-4-10-42/h5-8,13-20H,3-4,9-12,21H2,1-2H3,(H,37,38)(H,39,40). The second kappa shape index (κ2) is 11.6. The molecule has 0 amide bonds. The van der Waals surface area contributed by atoms with Crippen LogP contribution in [0.25, 0.3) is 55.6 Å². The Morgan fingerprint density at radius 1 is 0.930 bits per heavy atom. The molecule has 1 aliphatic heterocycles. The fraction of sp³-hybridized carbons (Fsp3) is 0.265. The molecular weight excluding hydrogens is 541 g/mol. The molecule has 1 fully saturated rings. The van der Waals surface area contributed by atoms with Gasteiger partial charge in [0, 0.05) is 54.1 Å². The topological polar surface area (TPSA) is 86.0 Å². The molecule has 1 aliphatic rings. The van der Waals surface area contributed by atoms with Gasteiger partial charge >= 0.3 is 0 Å². The van der Waals surface area contributed by atoms with Gasteiger partial charge in [0.2, 0.25) is 0 Å². The van der Waals surface area contributed by atoms with Crippen molar-refractivity contribution in [3.63, 3.8) is 0 Å². The van der Waals surface area contributed by atoms with Crippen LogP contribution in [0.5, 0.6) is 5.75 Å². The van der Waals surface area contributed by atoms with Crippen molar-refractivity contribution in [2.45, 2.75) is 19.4 Å². The molecule has 6 aromatic rings. The third-order valence-electron chi connectivity index (χ3n) is 8.07. The molecule has 0 radical (unpaired) electrons. The molecular formula is C34H34FN7O. The Morgan fingerprint density at radius 2 is 1.81 bits per heavy atom. The highest BCUT2D eigenvalue weighted by Crippen LogP contribution is 2.36. The van der Waals surface area contributed by atoms with Gasteiger partial charge in [-0.3, -0.25) is 15.0 Å². The van der Waals surface area contributed by atoms with Crippen molar-refractivity contribution in [2.24, 2.45) is 0 Å². The molecule has 7 rings (SSSR count). The Bertz CT molecular complexity index is 1900. The first-order chi connectivity index (χ1) is 21.0. The second-order valence-electron chi connectivity index (χ2n) is 11.5. The molecule has 4 aromatic heterocycles. The summed E-state index contributed by atoms with van der Waals surface area (Å²) in [5, 5.41) is 9.73. The summed E-state index contributed by atoms with van der Waals surface area (Å²) < 4.78 is 20.5. The highest BCUT2D eigenvalue weighted by atomic mass is 19.1. The molecule has 0 atom stereocenters. The number of nitrogens with one attached hydrogen (secondary N) is 2. The van der Waals surface area contributed by atoms with E-state index in [1.165, 1.54) is 30.5 Å². The van der Waals surface area contributed by atoms with E-state index in [1.54, 1.807) is 6.20 Å². The van der Waals surface area contributed by atoms with E-state index in [9.17, 15) is 4.39 Å². The van der Waals surface area contributed by atoms with Crippen LogP contribution in [0.2, 0.25) is 0 Å². The van der Waals surface area contributed by atoms with Crippen molar-refractivity contribution in [1.82, 2.24) is 34.9 Å². The number of H-pyrrole nitrogens is 2. The number of halogens is 1. The lowest BCUT2D eigenvalue weighted by molar-refractivity contribution is 0.260. The summed E-state index contributed by atoms with van der Waals surface area (Å²) in [5.41, 5.74) is 8.27. The number of pyridine rings is 2. The molecule has 0 unspecified atom stereocenters. The van der Waals surface area contributed by atoms with Crippen LogP contribution in [0.4, 0.5) is 4.39 Å². The molecule has 218 valence electrons. The summed E-state index contributed by atoms with van der Waals surface area (Å²) in [6, 6.07) is 17.3. The predicted octanol–water partition coefficient (Wildman–Crippen LogP) is 6.51. The number of ether oxygens (including phenoxy) is 1. The molecule has 9 heteroatoms. The number of likely N-dealkylation sites (N-methyl/N-ethyl adjacent to an activating group) is 1. The van der Waals surface area contributed by atoms with Crippen molar-refractivity contribution in [2.75, 3.05) is 40.3 Å². The van der Waals surface area contributed by atoms with Crippen LogP contribution in [-0.4, -0.2) is 75.3 Å². The normalized spacial score (nSPS) is 14.0. The Hall–Kier alpha value is -4.60. The van der Waals surface area contributed by atoms with Gasteiger partial charge in [-0.2, -0.15) is 5.10 Å². The summed E-state index contributed by atoms with van der Waals surface area (Å²) in [6.07, 6.45) is 8.17. The number of hydrogen-bond acceptors (Lipinski definition) is 6. The largest absolute Gasteiger partial charge is 0.492 e. The van der Waals surface area contributed by atoms with Gasteiger partial charge in [-0.1, -0.05) is 6.07 Å². The number of nitrogens with zero attached hydrogens (tertiary/aromatic N) is 5. The third kappa shape index (κ3) is 5.74. The zero-order valence-corrected chi connectivity index (χ0v) is 24.4. The lowest BCUT2D eigenvalue weighted by Crippen LogP contribution is -2.19. The molecule has 2 N–H and O–H groups in total. The Morgan fingerprint density at radius 3 is 2.67 bits per heavy atom. The lowest BCUT2D eigenvalue weighted by atomic mass is 10.0. The predicted molar refractivity (Wildman–Crippen MR) is 168 cm³/mol. The Kier molecular flexibility index (Phi) is 7.34. The first-order valence-corrected chi connectivity index (χ1v) is 14.7. The van der Waals surface area contributed by atoms with Gasteiger partial charge in [-0.25, -0.2) is 9.37 Å². The second-order valence-corrected chi connectivity index (χ2v) is 11.5. The maximum atomic E-state index is 14.7. The third-order valence-corrected chi connectivity index (χ3v) is 8.07. The molecule has 0 bridgehead atoms. The van der Waals surface area contributed by atoms with Gasteiger partial charge < -0.3 is 14.6 Å². The maximum Gasteiger partial charge on any atom is 0.138 e. The Labute approximate surface area is 249 Å². The molecule has 8 nitrogen and oxygen atoms in total. The monoisotopic (exact) mass is 575 g/mol. The molecule has 5 heterocycles. The zero-order valence-electron chi connectivity index (χ0n) is 24.4. The molecule has 2 aromatic carbocycles. The van der Waals surface area contributed by atoms with E-state index in [0.29, 0.717) is 18.0 Å². The highest BCUT2D eigenvalue weighted by Gasteiger charge is 2.17. The van der Waals surface area contributed by atoms with Gasteiger partial charge in [0.15, 0.2) is 0 Å². The quantitative estimate of drug-likeness (QED) is 0.204. The van der Waals surface area contributed by atoms with E-state index in [-0.39, 0.29) is 5.82 Å². The number of fused-ring (bicyclic) bond motifs is 2. The van der Waals surface area contributed by atoms with Crippen LogP contribution < -0.4 is 4.74 Å². The minimum atomic E-state index is -0.345. The summed E-state index contributed by atoms with van der Waals surface area (Å²) in [7, 11) is 3.96. The van der Waals surface area contributed by atoms with Crippen molar-refractivity contribution in [3.05, 3.63) is 84.6 Å². The maximum absolute atomic E-state index is 14.7. The van der Waals surface area contributed by atoms with Gasteiger partial charge in [0.25, 0.3) is 0 Å². The smallest absolute Gasteiger partial charge is 0.138 e. The van der Waals surface area contributed by atoms with E-state index in [0.717, 1.165) is 76.1 Å². The van der Waals surface area contributed by atoms with Gasteiger partial charge in [-0.05, 0) is 105 Å². The average Bonchev–Trinajstić information content (AvgIpc) is 3.76. The molecule has 1 saturated heterocycles. The fourth-order valence-electron chi connectivity index (χ4n) is 5.88. The number of hydrogen-bond donors (Lipinski definition) is 2. The van der Waals surface area contributed by atoms with Crippen molar-refractivity contribution in [1.29, 1.82) is 0 Å². The summed E-state index contributed by atoms with van der Waals surface area (Å²) in [5.74, 6) is 0.158. The lowest BCUT2D eigenvalue weighted by Gasteiger charge is -2.14. The molecule has 43 heavy (non-hydrogen) atoms. The Balaban J connectivity index is 1.22. The summed E-state index contributed by atoms with van der Waals surface area (Å²) in [6.45, 7) is 4.45. The number of aromatic nitrogens is 5. The first-order valence-electron chi connectivity index (χ1n) is 14.7. The summed E-state index contributed by atoms with van der Waals surface area (Å²) in [4.78, 5) is 17.1. The minimum Gasteiger partial charge on any atom is -0.492 e. The summed E-state index contributed by atoms with van der Waals surface area (Å²) >= 11 is 0. The van der Waals surface area contributed by atoms with E-state index >= 15 is 0 Å². The van der Waals surface area contributed by atoms with E-state index in [4.69, 9.17) is 4.74 Å². The van der Waals surface area contributed by atoms with Crippen LogP contribution >= 0.6 is 0 Å². The molecule has 0 spiro atoms. The number of rotatable bonds is 9. The van der Waals surface area contributed by atoms with Crippen LogP contribution in [0, 0.1) is 5.82 Å². The fourth-order valence-corrected chi connectivity index (χ4v) is 5.88. The zero-order chi connectivity index (χ0) is 29.3. The first kappa shape index (κ1) is 27.2. The van der Waals surface area contributed by atoms with E-state index in [2.05, 4.69) is 54.3 Å². The average molecular weight is 576 g/mol. The SMILES string of the molecule is CN(C)CCOc1cc(F)cc(-c2ccnc3[nH]c(-c4n[nH]c5ccc(-c6cncc(CN7CCCC7)c6)cc45)cc23)c1. The number of aromatic amines is 2. The van der Waals surface area contributed by atoms with Crippen LogP contribution in [0.3, 0.4) is 0 Å². The van der Waals surface area contributed by atoms with Crippen molar-refractivity contribution >= 4 is 21.9 Å². The van der Waals surface area contributed by atoms with Crippen molar-refractivity contribution in [3.8, 4) is 39.4 Å². The highest BCUT2D eigenvalue weighted by molar-refractivity contribution is 6.00. The number of likely N-dealkylation sites (tertiary alicyclic amines) is 1. The van der Waals surface area contributed by atoms with Crippen LogP contribution in [0.15, 0.2) is 73.2 Å². The van der Waals surface area contributed by atoms with Gasteiger partial charge in [-0.15, -0.1) is 0 Å². The van der Waals surface area contributed by atoms with Crippen LogP contribution in [-0.2, 0) is 6.54 Å². The van der Waals surface area contributed by atoms with Gasteiger partial charge in [0.1, 0.15) is 29.5 Å². The molecule has 0 aliphatic carbocycles. The molecule has 0 saturated carbocycles. The van der Waals surface area contributed by atoms with Gasteiger partial charge in [0.05, 0.1) is 11.2 Å². The number of benzene rings is 2. The van der Waals surface area contributed by atoms with Crippen molar-refractivity contribution < 1.29 is 9.13 Å². The van der Waals surface area contributed by atoms with E-state index in [1.807, 2.05) is 49.6 Å².